The summed E-state index contributed by atoms with van der Waals surface area (Å²) in [6.07, 6.45) is 1.76. The van der Waals surface area contributed by atoms with Crippen molar-refractivity contribution < 1.29 is 29.0 Å². The molecular weight excluding hydrogens is 370 g/mol. The summed E-state index contributed by atoms with van der Waals surface area (Å²) in [5, 5.41) is 11.0. The molecule has 0 aliphatic rings. The van der Waals surface area contributed by atoms with Crippen molar-refractivity contribution in [1.82, 2.24) is 0 Å². The smallest absolute Gasteiger partial charge is 0.122 e. The van der Waals surface area contributed by atoms with Gasteiger partial charge < -0.3 is 29.0 Å². The van der Waals surface area contributed by atoms with Crippen molar-refractivity contribution in [2.75, 3.05) is 41.0 Å². The Morgan fingerprint density at radius 3 is 1.83 bits per heavy atom. The van der Waals surface area contributed by atoms with Gasteiger partial charge in [-0.3, -0.25) is 0 Å². The largest absolute Gasteiger partial charge is 0.547 e. The third kappa shape index (κ3) is 11.3. The Morgan fingerprint density at radius 1 is 0.897 bits per heavy atom. The van der Waals surface area contributed by atoms with Crippen molar-refractivity contribution >= 4 is 5.97 Å². The summed E-state index contributed by atoms with van der Waals surface area (Å²) in [6, 6.07) is 10.0. The standard InChI is InChI=1S/C17H26O5.C6H15N/c1-20-14(13-9-5-4-6-10-13)11-7-8-12-15(21-2)16(22-3)17(18)19;1-4-7(5-2)6-3/h4-6,9-10,14-16H,7-8,11-12H2,1-3H3,(H,18,19);4-6H2,1-3H3/t14-,15+,16+;/m1./s1. The fourth-order valence-electron chi connectivity index (χ4n) is 3.31. The van der Waals surface area contributed by atoms with Gasteiger partial charge in [0.15, 0.2) is 0 Å². The van der Waals surface area contributed by atoms with Crippen molar-refractivity contribution in [3.8, 4) is 0 Å². The summed E-state index contributed by atoms with van der Waals surface area (Å²) >= 11 is 0. The summed E-state index contributed by atoms with van der Waals surface area (Å²) in [4.78, 5) is 12.6. The van der Waals surface area contributed by atoms with Crippen LogP contribution < -0.4 is 10.0 Å². The van der Waals surface area contributed by atoms with Crippen LogP contribution in [0.3, 0.4) is 0 Å². The molecule has 0 unspecified atom stereocenters. The molecule has 0 saturated carbocycles. The zero-order valence-corrected chi connectivity index (χ0v) is 19.1. The van der Waals surface area contributed by atoms with Crippen molar-refractivity contribution in [1.29, 1.82) is 0 Å². The van der Waals surface area contributed by atoms with Crippen molar-refractivity contribution in [3.63, 3.8) is 0 Å². The maximum atomic E-state index is 11.0. The van der Waals surface area contributed by atoms with E-state index in [4.69, 9.17) is 14.2 Å². The number of carboxylic acids is 1. The van der Waals surface area contributed by atoms with Gasteiger partial charge in [0.25, 0.3) is 0 Å². The van der Waals surface area contributed by atoms with Crippen LogP contribution in [0.25, 0.3) is 0 Å². The number of ether oxygens (including phenoxy) is 3. The normalized spacial score (nSPS) is 14.0. The van der Waals surface area contributed by atoms with Crippen LogP contribution in [0, 0.1) is 0 Å². The molecule has 6 heteroatoms. The number of nitrogens with one attached hydrogen (secondary N) is 1. The van der Waals surface area contributed by atoms with Crippen molar-refractivity contribution in [2.45, 2.75) is 64.8 Å². The summed E-state index contributed by atoms with van der Waals surface area (Å²) in [5.41, 5.74) is 1.15. The van der Waals surface area contributed by atoms with Gasteiger partial charge in [0, 0.05) is 21.3 Å². The maximum absolute atomic E-state index is 11.0. The monoisotopic (exact) mass is 411 g/mol. The Bertz CT molecular complexity index is 502. The molecule has 1 N–H and O–H groups in total. The lowest BCUT2D eigenvalue weighted by atomic mass is 10.0. The molecule has 0 spiro atoms. The molecule has 0 radical (unpaired) electrons. The van der Waals surface area contributed by atoms with Crippen LogP contribution in [0.15, 0.2) is 30.3 Å². The van der Waals surface area contributed by atoms with Gasteiger partial charge in [0.05, 0.1) is 37.8 Å². The molecule has 1 aromatic carbocycles. The second-order valence-corrected chi connectivity index (χ2v) is 6.98. The average Bonchev–Trinajstić information content (AvgIpc) is 2.75. The van der Waals surface area contributed by atoms with Gasteiger partial charge in [-0.1, -0.05) is 43.2 Å². The van der Waals surface area contributed by atoms with Gasteiger partial charge in [-0.15, -0.1) is 0 Å². The molecule has 0 amide bonds. The van der Waals surface area contributed by atoms with Gasteiger partial charge in [0.1, 0.15) is 6.10 Å². The molecule has 0 bridgehead atoms. The number of aliphatic carboxylic acids is 1. The minimum absolute atomic E-state index is 0.0570. The van der Waals surface area contributed by atoms with Gasteiger partial charge in [-0.25, -0.2) is 0 Å². The van der Waals surface area contributed by atoms with Crippen molar-refractivity contribution in [2.24, 2.45) is 0 Å². The van der Waals surface area contributed by atoms with Crippen LogP contribution in [0.4, 0.5) is 0 Å². The third-order valence-corrected chi connectivity index (χ3v) is 5.29. The fourth-order valence-corrected chi connectivity index (χ4v) is 3.31. The molecule has 3 atom stereocenters. The molecule has 0 fully saturated rings. The highest BCUT2D eigenvalue weighted by Crippen LogP contribution is 2.23. The molecule has 29 heavy (non-hydrogen) atoms. The zero-order valence-electron chi connectivity index (χ0n) is 19.1. The average molecular weight is 412 g/mol. The predicted octanol–water partition coefficient (Wildman–Crippen LogP) is 1.65. The van der Waals surface area contributed by atoms with E-state index < -0.39 is 18.2 Å². The molecule has 0 saturated heterocycles. The number of benzene rings is 1. The summed E-state index contributed by atoms with van der Waals surface area (Å²) in [5.74, 6) is -1.24. The van der Waals surface area contributed by atoms with E-state index in [9.17, 15) is 9.90 Å². The first-order chi connectivity index (χ1) is 14.0. The van der Waals surface area contributed by atoms with Crippen LogP contribution >= 0.6 is 0 Å². The van der Waals surface area contributed by atoms with Crippen LogP contribution in [0.5, 0.6) is 0 Å². The van der Waals surface area contributed by atoms with E-state index in [0.717, 1.165) is 24.8 Å². The Kier molecular flexibility index (Phi) is 16.5. The van der Waals surface area contributed by atoms with Crippen LogP contribution in [-0.4, -0.2) is 59.1 Å². The summed E-state index contributed by atoms with van der Waals surface area (Å²) in [7, 11) is 4.54. The third-order valence-electron chi connectivity index (χ3n) is 5.29. The Balaban J connectivity index is 0.000000956. The first kappa shape index (κ1) is 27.5. The van der Waals surface area contributed by atoms with Crippen LogP contribution in [-0.2, 0) is 19.0 Å². The number of rotatable bonds is 14. The number of hydrogen-bond donors (Lipinski definition) is 1. The van der Waals surface area contributed by atoms with E-state index in [-0.39, 0.29) is 6.10 Å². The lowest BCUT2D eigenvalue weighted by Crippen LogP contribution is -3.11. The van der Waals surface area contributed by atoms with Gasteiger partial charge in [-0.05, 0) is 39.2 Å². The van der Waals surface area contributed by atoms with E-state index in [1.807, 2.05) is 30.3 Å². The molecule has 0 heterocycles. The highest BCUT2D eigenvalue weighted by Gasteiger charge is 2.22. The highest BCUT2D eigenvalue weighted by molar-refractivity contribution is 5.70. The van der Waals surface area contributed by atoms with E-state index in [2.05, 4.69) is 20.8 Å². The Hall–Kier alpha value is -1.47. The number of hydrogen-bond acceptors (Lipinski definition) is 5. The molecular formula is C23H41NO5. The van der Waals surface area contributed by atoms with Gasteiger partial charge >= 0.3 is 0 Å². The molecule has 1 rings (SSSR count). The first-order valence-corrected chi connectivity index (χ1v) is 10.7. The van der Waals surface area contributed by atoms with E-state index in [1.54, 1.807) is 12.0 Å². The van der Waals surface area contributed by atoms with E-state index >= 15 is 0 Å². The van der Waals surface area contributed by atoms with Gasteiger partial charge in [-0.2, -0.15) is 0 Å². The molecule has 0 aliphatic heterocycles. The fraction of sp³-hybridized carbons (Fsp3) is 0.696. The number of methoxy groups -OCH3 is 3. The molecule has 168 valence electrons. The van der Waals surface area contributed by atoms with Crippen LogP contribution in [0.2, 0.25) is 0 Å². The zero-order chi connectivity index (χ0) is 22.1. The van der Waals surface area contributed by atoms with Gasteiger partial charge in [0.2, 0.25) is 0 Å². The first-order valence-electron chi connectivity index (χ1n) is 10.7. The Morgan fingerprint density at radius 2 is 1.45 bits per heavy atom. The lowest BCUT2D eigenvalue weighted by Gasteiger charge is -2.25. The van der Waals surface area contributed by atoms with Crippen molar-refractivity contribution in [3.05, 3.63) is 35.9 Å². The molecule has 6 nitrogen and oxygen atoms in total. The van der Waals surface area contributed by atoms with Crippen LogP contribution in [0.1, 0.15) is 58.1 Å². The minimum Gasteiger partial charge on any atom is -0.547 e. The maximum Gasteiger partial charge on any atom is 0.122 e. The number of carbonyl (C=O) groups is 1. The summed E-state index contributed by atoms with van der Waals surface area (Å²) < 4.78 is 15.6. The van der Waals surface area contributed by atoms with E-state index in [1.165, 1.54) is 33.9 Å². The quantitative estimate of drug-likeness (QED) is 0.471. The number of carboxylic acid groups (broad SMARTS) is 1. The second-order valence-electron chi connectivity index (χ2n) is 6.98. The highest BCUT2D eigenvalue weighted by atomic mass is 16.5. The lowest BCUT2D eigenvalue weighted by molar-refractivity contribution is -0.894. The second kappa shape index (κ2) is 17.4. The summed E-state index contributed by atoms with van der Waals surface area (Å²) in [6.45, 7) is 10.5. The Labute approximate surface area is 177 Å². The number of quaternary nitrogens is 1. The minimum atomic E-state index is -1.24. The van der Waals surface area contributed by atoms with E-state index in [0.29, 0.717) is 6.42 Å². The number of carbonyl (C=O) groups excluding carboxylic acids is 1. The topological polar surface area (TPSA) is 72.3 Å². The SMILES string of the molecule is CC[NH+](CC)CC.CO[C@@H](CCCC[C@@H](OC)c1ccccc1)[C@H](OC)C(=O)[O-]. The molecule has 1 aromatic rings. The predicted molar refractivity (Wildman–Crippen MR) is 114 cm³/mol. The molecule has 0 aromatic heterocycles. The number of unbranched alkanes of at least 4 members (excludes halogenated alkanes) is 1. The molecule has 0 aliphatic carbocycles.